The lowest BCUT2D eigenvalue weighted by atomic mass is 10.1. The third-order valence-electron chi connectivity index (χ3n) is 4.36. The van der Waals surface area contributed by atoms with Gasteiger partial charge in [-0.25, -0.2) is 9.67 Å². The number of benzene rings is 1. The molecule has 0 N–H and O–H groups in total. The van der Waals surface area contributed by atoms with E-state index < -0.39 is 4.92 Å². The molecule has 11 heteroatoms. The Morgan fingerprint density at radius 2 is 2.06 bits per heavy atom. The van der Waals surface area contributed by atoms with Crippen molar-refractivity contribution >= 4 is 40.3 Å². The van der Waals surface area contributed by atoms with Crippen LogP contribution < -0.4 is 14.3 Å². The number of thiazole rings is 1. The summed E-state index contributed by atoms with van der Waals surface area (Å²) in [5.74, 6) is 0.791. The van der Waals surface area contributed by atoms with Crippen LogP contribution in [0.3, 0.4) is 0 Å². The quantitative estimate of drug-likeness (QED) is 0.254. The molecule has 1 aromatic carbocycles. The first kappa shape index (κ1) is 19.2. The van der Waals surface area contributed by atoms with Crippen molar-refractivity contribution in [1.29, 1.82) is 0 Å². The Hall–Kier alpha value is -3.83. The zero-order valence-electron chi connectivity index (χ0n) is 15.7. The molecule has 154 valence electrons. The van der Waals surface area contributed by atoms with Crippen molar-refractivity contribution in [3.63, 3.8) is 0 Å². The molecule has 31 heavy (non-hydrogen) atoms. The van der Waals surface area contributed by atoms with Crippen LogP contribution in [0.4, 0.5) is 11.4 Å². The number of fused-ring (bicyclic) bond motifs is 1. The number of nitro groups is 1. The predicted octanol–water partition coefficient (Wildman–Crippen LogP) is 4.42. The number of nitro benzene ring substituents is 1. The van der Waals surface area contributed by atoms with Crippen LogP contribution in [0.25, 0.3) is 10.6 Å². The monoisotopic (exact) mass is 451 g/mol. The summed E-state index contributed by atoms with van der Waals surface area (Å²) in [4.78, 5) is 21.4. The lowest BCUT2D eigenvalue weighted by Crippen LogP contribution is -2.11. The molecule has 0 radical (unpaired) electrons. The summed E-state index contributed by atoms with van der Waals surface area (Å²) >= 11 is 2.99. The minimum Gasteiger partial charge on any atom is -0.454 e. The number of thiophene rings is 1. The minimum atomic E-state index is -0.470. The van der Waals surface area contributed by atoms with Crippen molar-refractivity contribution in [2.24, 2.45) is 10.1 Å². The molecule has 0 amide bonds. The van der Waals surface area contributed by atoms with E-state index in [2.05, 4.69) is 15.1 Å². The number of nitrogens with zero attached hydrogens (tertiary/aromatic N) is 5. The van der Waals surface area contributed by atoms with Gasteiger partial charge < -0.3 is 9.47 Å². The van der Waals surface area contributed by atoms with Gasteiger partial charge in [-0.15, -0.1) is 22.7 Å². The third-order valence-corrected chi connectivity index (χ3v) is 6.07. The highest BCUT2D eigenvalue weighted by Crippen LogP contribution is 2.37. The summed E-state index contributed by atoms with van der Waals surface area (Å²) in [7, 11) is 0. The second kappa shape index (κ2) is 8.13. The van der Waals surface area contributed by atoms with Crippen molar-refractivity contribution in [1.82, 2.24) is 9.66 Å². The standard InChI is InChI=1S/C20H13N5O4S2/c26-25(27)15-8-18-17(28-12-29-18)7-13(15)9-22-24-16(19-4-2-6-30-19)11-31-20(24)23-14-3-1-5-21-10-14/h1-11H,12H2. The number of rotatable bonds is 5. The highest BCUT2D eigenvalue weighted by atomic mass is 32.1. The summed E-state index contributed by atoms with van der Waals surface area (Å²) < 4.78 is 12.3. The molecule has 1 aliphatic rings. The maximum Gasteiger partial charge on any atom is 0.282 e. The lowest BCUT2D eigenvalue weighted by Gasteiger charge is -2.03. The fraction of sp³-hybridized carbons (Fsp3) is 0.0500. The summed E-state index contributed by atoms with van der Waals surface area (Å²) in [6, 6.07) is 10.5. The van der Waals surface area contributed by atoms with Gasteiger partial charge in [0, 0.05) is 11.6 Å². The van der Waals surface area contributed by atoms with Crippen molar-refractivity contribution < 1.29 is 14.4 Å². The van der Waals surface area contributed by atoms with Gasteiger partial charge in [0.15, 0.2) is 11.5 Å². The molecule has 1 aliphatic heterocycles. The van der Waals surface area contributed by atoms with E-state index in [9.17, 15) is 10.1 Å². The molecule has 0 spiro atoms. The van der Waals surface area contributed by atoms with E-state index in [1.165, 1.54) is 23.6 Å². The molecule has 0 bridgehead atoms. The van der Waals surface area contributed by atoms with E-state index in [4.69, 9.17) is 9.47 Å². The van der Waals surface area contributed by atoms with Gasteiger partial charge in [-0.3, -0.25) is 15.1 Å². The second-order valence-electron chi connectivity index (χ2n) is 6.28. The molecule has 0 saturated carbocycles. The van der Waals surface area contributed by atoms with Crippen molar-refractivity contribution in [3.05, 3.63) is 80.0 Å². The minimum absolute atomic E-state index is 0.0308. The highest BCUT2D eigenvalue weighted by Gasteiger charge is 2.22. The molecule has 0 atom stereocenters. The number of ether oxygens (including phenoxy) is 2. The van der Waals surface area contributed by atoms with Crippen LogP contribution in [0.15, 0.2) is 69.6 Å². The summed E-state index contributed by atoms with van der Waals surface area (Å²) in [5.41, 5.74) is 1.70. The highest BCUT2D eigenvalue weighted by molar-refractivity contribution is 7.14. The van der Waals surface area contributed by atoms with Crippen LogP contribution in [0, 0.1) is 10.1 Å². The molecule has 5 rings (SSSR count). The average Bonchev–Trinajstić information content (AvgIpc) is 3.53. The van der Waals surface area contributed by atoms with Crippen LogP contribution in [0.1, 0.15) is 5.56 Å². The maximum absolute atomic E-state index is 11.6. The van der Waals surface area contributed by atoms with Crippen LogP contribution in [0.5, 0.6) is 11.5 Å². The van der Waals surface area contributed by atoms with Gasteiger partial charge in [0.1, 0.15) is 0 Å². The van der Waals surface area contributed by atoms with Crippen molar-refractivity contribution in [2.75, 3.05) is 6.79 Å². The van der Waals surface area contributed by atoms with Crippen LogP contribution in [0.2, 0.25) is 0 Å². The first-order valence-electron chi connectivity index (χ1n) is 9.00. The Balaban J connectivity index is 1.64. The van der Waals surface area contributed by atoms with E-state index in [1.807, 2.05) is 29.0 Å². The maximum atomic E-state index is 11.6. The number of hydrogen-bond acceptors (Lipinski definition) is 9. The van der Waals surface area contributed by atoms with Crippen LogP contribution in [-0.4, -0.2) is 27.6 Å². The number of hydrogen-bond donors (Lipinski definition) is 0. The second-order valence-corrected chi connectivity index (χ2v) is 8.07. The SMILES string of the molecule is O=[N+]([O-])c1cc2c(cc1C=Nn1c(-c3cccs3)csc1=Nc1cccnc1)OCO2. The first-order chi connectivity index (χ1) is 15.2. The Bertz CT molecular complexity index is 1340. The average molecular weight is 451 g/mol. The topological polar surface area (TPSA) is 104 Å². The molecule has 4 aromatic rings. The Labute approximate surface area is 183 Å². The smallest absolute Gasteiger partial charge is 0.282 e. The van der Waals surface area contributed by atoms with Gasteiger partial charge in [0.2, 0.25) is 11.6 Å². The summed E-state index contributed by atoms with van der Waals surface area (Å²) in [6.07, 6.45) is 4.77. The molecular weight excluding hydrogens is 438 g/mol. The van der Waals surface area contributed by atoms with E-state index in [-0.39, 0.29) is 12.5 Å². The van der Waals surface area contributed by atoms with Gasteiger partial charge in [0.05, 0.1) is 45.2 Å². The summed E-state index contributed by atoms with van der Waals surface area (Å²) in [5, 5.41) is 20.0. The molecule has 0 saturated heterocycles. The summed E-state index contributed by atoms with van der Waals surface area (Å²) in [6.45, 7) is 0.0308. The largest absolute Gasteiger partial charge is 0.454 e. The zero-order chi connectivity index (χ0) is 21.2. The Morgan fingerprint density at radius 3 is 2.81 bits per heavy atom. The first-order valence-corrected chi connectivity index (χ1v) is 10.8. The lowest BCUT2D eigenvalue weighted by molar-refractivity contribution is -0.385. The fourth-order valence-electron chi connectivity index (χ4n) is 2.94. The number of pyridine rings is 1. The van der Waals surface area contributed by atoms with E-state index in [0.717, 1.165) is 10.6 Å². The van der Waals surface area contributed by atoms with Crippen molar-refractivity contribution in [3.8, 4) is 22.1 Å². The van der Waals surface area contributed by atoms with Gasteiger partial charge in [-0.2, -0.15) is 5.10 Å². The molecule has 3 aromatic heterocycles. The van der Waals surface area contributed by atoms with Gasteiger partial charge in [-0.1, -0.05) is 6.07 Å². The number of aromatic nitrogens is 2. The van der Waals surface area contributed by atoms with Gasteiger partial charge in [-0.05, 0) is 29.6 Å². The van der Waals surface area contributed by atoms with Gasteiger partial charge in [0.25, 0.3) is 5.69 Å². The van der Waals surface area contributed by atoms with E-state index >= 15 is 0 Å². The van der Waals surface area contributed by atoms with E-state index in [0.29, 0.717) is 27.6 Å². The molecule has 0 unspecified atom stereocenters. The van der Waals surface area contributed by atoms with Crippen LogP contribution >= 0.6 is 22.7 Å². The zero-order valence-corrected chi connectivity index (χ0v) is 17.4. The van der Waals surface area contributed by atoms with Gasteiger partial charge >= 0.3 is 0 Å². The molecule has 9 nitrogen and oxygen atoms in total. The fourth-order valence-corrected chi connectivity index (χ4v) is 4.59. The normalized spacial score (nSPS) is 13.2. The third kappa shape index (κ3) is 3.83. The molecule has 0 aliphatic carbocycles. The Kier molecular flexibility index (Phi) is 5.02. The molecule has 0 fully saturated rings. The van der Waals surface area contributed by atoms with Crippen LogP contribution in [-0.2, 0) is 0 Å². The molecule has 4 heterocycles. The predicted molar refractivity (Wildman–Crippen MR) is 117 cm³/mol. The van der Waals surface area contributed by atoms with E-state index in [1.54, 1.807) is 40.5 Å². The molecular formula is C20H13N5O4S2. The Morgan fingerprint density at radius 1 is 1.19 bits per heavy atom. The van der Waals surface area contributed by atoms with Crippen molar-refractivity contribution in [2.45, 2.75) is 0 Å².